The van der Waals surface area contributed by atoms with Gasteiger partial charge in [0.15, 0.2) is 5.78 Å². The number of halogens is 1. The second kappa shape index (κ2) is 8.37. The highest BCUT2D eigenvalue weighted by atomic mass is 35.5. The van der Waals surface area contributed by atoms with Crippen LogP contribution >= 0.6 is 23.5 Å². The number of carbonyl (C=O) groups excluding carboxylic acids is 1. The molecular formula is C25H20ClN3O2S. The number of rotatable bonds is 6. The minimum atomic E-state index is -0.870. The van der Waals surface area contributed by atoms with E-state index in [1.807, 2.05) is 73.1 Å². The van der Waals surface area contributed by atoms with Gasteiger partial charge >= 0.3 is 0 Å². The van der Waals surface area contributed by atoms with Gasteiger partial charge in [-0.25, -0.2) is 0 Å². The van der Waals surface area contributed by atoms with Crippen molar-refractivity contribution in [2.75, 3.05) is 7.11 Å². The standard InChI is InChI=1S/C25H20ClN3O2S/c1-31-20-6-7-23-21(14-20)22(16-29(23)15-17-2-4-19(26)5-3-17)24(30)25(10-13-28-32-25)18-8-11-27-12-9-18/h2-14,16,28H,15H2,1H3. The van der Waals surface area contributed by atoms with Crippen molar-refractivity contribution < 1.29 is 9.53 Å². The number of Topliss-reactive ketones (excluding diaryl/α,β-unsaturated/α-hetero) is 1. The van der Waals surface area contributed by atoms with Crippen LogP contribution in [0.3, 0.4) is 0 Å². The summed E-state index contributed by atoms with van der Waals surface area (Å²) in [5.74, 6) is 0.713. The molecule has 0 aliphatic carbocycles. The Hall–Kier alpha value is -3.22. The minimum Gasteiger partial charge on any atom is -0.497 e. The van der Waals surface area contributed by atoms with Gasteiger partial charge in [-0.2, -0.15) is 0 Å². The number of fused-ring (bicyclic) bond motifs is 1. The van der Waals surface area contributed by atoms with Crippen LogP contribution in [0.5, 0.6) is 5.75 Å². The fraction of sp³-hybridized carbons (Fsp3) is 0.120. The molecule has 1 atom stereocenters. The molecule has 1 unspecified atom stereocenters. The zero-order chi connectivity index (χ0) is 22.1. The Bertz CT molecular complexity index is 1320. The van der Waals surface area contributed by atoms with Crippen LogP contribution in [0, 0.1) is 0 Å². The molecule has 0 bridgehead atoms. The van der Waals surface area contributed by atoms with Crippen molar-refractivity contribution in [3.63, 3.8) is 0 Å². The van der Waals surface area contributed by atoms with Crippen LogP contribution in [0.1, 0.15) is 21.5 Å². The molecule has 2 aromatic heterocycles. The van der Waals surface area contributed by atoms with Crippen molar-refractivity contribution in [1.29, 1.82) is 0 Å². The summed E-state index contributed by atoms with van der Waals surface area (Å²) in [4.78, 5) is 18.2. The first kappa shape index (κ1) is 20.7. The Morgan fingerprint density at radius 1 is 1.16 bits per heavy atom. The number of ketones is 1. The SMILES string of the molecule is COc1ccc2c(c1)c(C(=O)C1(c3ccncc3)C=CNS1)cn2Cc1ccc(Cl)cc1. The molecule has 4 aromatic rings. The maximum Gasteiger partial charge on any atom is 0.191 e. The van der Waals surface area contributed by atoms with Crippen LogP contribution in [0.2, 0.25) is 5.02 Å². The van der Waals surface area contributed by atoms with Crippen molar-refractivity contribution in [3.8, 4) is 5.75 Å². The Kier molecular flexibility index (Phi) is 5.41. The van der Waals surface area contributed by atoms with E-state index < -0.39 is 4.75 Å². The average molecular weight is 462 g/mol. The number of methoxy groups -OCH3 is 1. The highest BCUT2D eigenvalue weighted by Crippen LogP contribution is 2.44. The lowest BCUT2D eigenvalue weighted by molar-refractivity contribution is 0.0964. The summed E-state index contributed by atoms with van der Waals surface area (Å²) >= 11 is 7.44. The first-order chi connectivity index (χ1) is 15.6. The molecule has 32 heavy (non-hydrogen) atoms. The smallest absolute Gasteiger partial charge is 0.191 e. The highest BCUT2D eigenvalue weighted by molar-refractivity contribution is 7.99. The van der Waals surface area contributed by atoms with Crippen molar-refractivity contribution in [2.45, 2.75) is 11.3 Å². The first-order valence-electron chi connectivity index (χ1n) is 10.1. The van der Waals surface area contributed by atoms with Gasteiger partial charge in [0.2, 0.25) is 0 Å². The van der Waals surface area contributed by atoms with Gasteiger partial charge in [0.25, 0.3) is 0 Å². The van der Waals surface area contributed by atoms with E-state index in [0.717, 1.165) is 22.0 Å². The zero-order valence-corrected chi connectivity index (χ0v) is 18.9. The molecule has 0 saturated heterocycles. The summed E-state index contributed by atoms with van der Waals surface area (Å²) in [5, 5.41) is 1.56. The number of hydrogen-bond acceptors (Lipinski definition) is 5. The normalized spacial score (nSPS) is 17.4. The Morgan fingerprint density at radius 2 is 1.94 bits per heavy atom. The molecule has 0 radical (unpaired) electrons. The molecule has 160 valence electrons. The number of nitrogens with zero attached hydrogens (tertiary/aromatic N) is 2. The largest absolute Gasteiger partial charge is 0.497 e. The Labute approximate surface area is 195 Å². The quantitative estimate of drug-likeness (QED) is 0.299. The molecule has 2 aromatic carbocycles. The molecule has 1 aliphatic heterocycles. The third kappa shape index (κ3) is 3.55. The number of benzene rings is 2. The van der Waals surface area contributed by atoms with Crippen molar-refractivity contribution >= 4 is 40.2 Å². The van der Waals surface area contributed by atoms with Crippen LogP contribution in [0.4, 0.5) is 0 Å². The van der Waals surface area contributed by atoms with E-state index in [4.69, 9.17) is 16.3 Å². The van der Waals surface area contributed by atoms with Gasteiger partial charge in [-0.05, 0) is 71.6 Å². The van der Waals surface area contributed by atoms with Crippen LogP contribution in [0.15, 0.2) is 85.5 Å². The molecular weight excluding hydrogens is 442 g/mol. The van der Waals surface area contributed by atoms with Crippen LogP contribution in [0.25, 0.3) is 10.9 Å². The van der Waals surface area contributed by atoms with Crippen LogP contribution in [-0.4, -0.2) is 22.4 Å². The fourth-order valence-electron chi connectivity index (χ4n) is 4.02. The maximum atomic E-state index is 14.1. The number of carbonyl (C=O) groups is 1. The van der Waals surface area contributed by atoms with Crippen LogP contribution < -0.4 is 9.46 Å². The second-order valence-electron chi connectivity index (χ2n) is 7.53. The Morgan fingerprint density at radius 3 is 2.62 bits per heavy atom. The Balaban J connectivity index is 1.65. The van der Waals surface area contributed by atoms with Gasteiger partial charge in [0, 0.05) is 52.8 Å². The topological polar surface area (TPSA) is 56.1 Å². The summed E-state index contributed by atoms with van der Waals surface area (Å²) in [6, 6.07) is 17.4. The van der Waals surface area contributed by atoms with E-state index in [-0.39, 0.29) is 5.78 Å². The summed E-state index contributed by atoms with van der Waals surface area (Å²) < 4.78 is 9.82. The predicted molar refractivity (Wildman–Crippen MR) is 129 cm³/mol. The van der Waals surface area contributed by atoms with Crippen molar-refractivity contribution in [3.05, 3.63) is 107 Å². The van der Waals surface area contributed by atoms with Crippen molar-refractivity contribution in [2.24, 2.45) is 0 Å². The van der Waals surface area contributed by atoms with Gasteiger partial charge in [0.1, 0.15) is 10.5 Å². The molecule has 0 fully saturated rings. The minimum absolute atomic E-state index is 0.00283. The average Bonchev–Trinajstić information content (AvgIpc) is 3.47. The summed E-state index contributed by atoms with van der Waals surface area (Å²) in [7, 11) is 1.63. The van der Waals surface area contributed by atoms with Crippen LogP contribution in [-0.2, 0) is 11.3 Å². The van der Waals surface area contributed by atoms with E-state index in [1.54, 1.807) is 19.5 Å². The number of hydrogen-bond donors (Lipinski definition) is 1. The number of ether oxygens (including phenoxy) is 1. The molecule has 7 heteroatoms. The molecule has 1 N–H and O–H groups in total. The van der Waals surface area contributed by atoms with E-state index in [2.05, 4.69) is 14.3 Å². The highest BCUT2D eigenvalue weighted by Gasteiger charge is 2.43. The summed E-state index contributed by atoms with van der Waals surface area (Å²) in [5.41, 5.74) is 3.59. The lowest BCUT2D eigenvalue weighted by Crippen LogP contribution is -2.29. The van der Waals surface area contributed by atoms with Gasteiger partial charge in [-0.15, -0.1) is 0 Å². The third-order valence-electron chi connectivity index (χ3n) is 5.65. The summed E-state index contributed by atoms with van der Waals surface area (Å²) in [6.07, 6.45) is 9.10. The van der Waals surface area contributed by atoms with Crippen molar-refractivity contribution in [1.82, 2.24) is 14.3 Å². The number of nitrogens with one attached hydrogen (secondary N) is 1. The first-order valence-corrected chi connectivity index (χ1v) is 11.3. The maximum absolute atomic E-state index is 14.1. The third-order valence-corrected chi connectivity index (χ3v) is 7.04. The lowest BCUT2D eigenvalue weighted by Gasteiger charge is -2.24. The molecule has 0 amide bonds. The molecule has 5 nitrogen and oxygen atoms in total. The predicted octanol–water partition coefficient (Wildman–Crippen LogP) is 5.59. The molecule has 5 rings (SSSR count). The fourth-order valence-corrected chi connectivity index (χ4v) is 5.06. The van der Waals surface area contributed by atoms with E-state index in [0.29, 0.717) is 22.9 Å². The van der Waals surface area contributed by atoms with E-state index in [9.17, 15) is 4.79 Å². The molecule has 0 spiro atoms. The van der Waals surface area contributed by atoms with Gasteiger partial charge < -0.3 is 14.0 Å². The lowest BCUT2D eigenvalue weighted by atomic mass is 9.90. The molecule has 3 heterocycles. The van der Waals surface area contributed by atoms with Gasteiger partial charge in [0.05, 0.1) is 7.11 Å². The van der Waals surface area contributed by atoms with Gasteiger partial charge in [-0.3, -0.25) is 9.78 Å². The van der Waals surface area contributed by atoms with Gasteiger partial charge in [-0.1, -0.05) is 23.7 Å². The number of aromatic nitrogens is 2. The van der Waals surface area contributed by atoms with E-state index in [1.165, 1.54) is 11.9 Å². The molecule has 0 saturated carbocycles. The molecule has 1 aliphatic rings. The zero-order valence-electron chi connectivity index (χ0n) is 17.3. The van der Waals surface area contributed by atoms with E-state index >= 15 is 0 Å². The monoisotopic (exact) mass is 461 g/mol. The summed E-state index contributed by atoms with van der Waals surface area (Å²) in [6.45, 7) is 0.622. The second-order valence-corrected chi connectivity index (χ2v) is 9.05. The number of pyridine rings is 1.